The van der Waals surface area contributed by atoms with Crippen LogP contribution in [0.2, 0.25) is 0 Å². The minimum atomic E-state index is 0.601. The third kappa shape index (κ3) is 2.79. The van der Waals surface area contributed by atoms with Gasteiger partial charge in [0.15, 0.2) is 16.3 Å². The maximum Gasteiger partial charge on any atom is 0.197 e. The molecular weight excluding hydrogens is 397 g/mol. The summed E-state index contributed by atoms with van der Waals surface area (Å²) in [7, 11) is 0. The van der Waals surface area contributed by atoms with Crippen molar-refractivity contribution in [3.05, 3.63) is 26.1 Å². The lowest BCUT2D eigenvalue weighted by atomic mass is 10.3. The highest BCUT2D eigenvalue weighted by Gasteiger charge is 2.12. The summed E-state index contributed by atoms with van der Waals surface area (Å²) in [4.78, 5) is 8.89. The Morgan fingerprint density at radius 1 is 1.41 bits per heavy atom. The summed E-state index contributed by atoms with van der Waals surface area (Å²) in [5.74, 6) is 2.11. The molecule has 2 heterocycles. The maximum atomic E-state index is 5.46. The zero-order valence-electron chi connectivity index (χ0n) is 9.42. The summed E-state index contributed by atoms with van der Waals surface area (Å²) in [6.07, 6.45) is 0. The molecular formula is C11H11BrIN3O. The largest absolute Gasteiger partial charge is 0.446 e. The Balaban J connectivity index is 2.48. The molecule has 0 aliphatic rings. The molecule has 17 heavy (non-hydrogen) atoms. The van der Waals surface area contributed by atoms with Crippen molar-refractivity contribution >= 4 is 44.3 Å². The van der Waals surface area contributed by atoms with E-state index in [-0.39, 0.29) is 0 Å². The van der Waals surface area contributed by atoms with Crippen molar-refractivity contribution in [3.8, 4) is 11.6 Å². The summed E-state index contributed by atoms with van der Waals surface area (Å²) >= 11 is 5.51. The number of aromatic nitrogens is 2. The van der Waals surface area contributed by atoms with Gasteiger partial charge in [0, 0.05) is 6.54 Å². The number of nitrogens with zero attached hydrogens (tertiary/aromatic N) is 2. The SMILES string of the molecule is CCNc1nc(-c2ccc(Br)o2)nc(C)c1I. The topological polar surface area (TPSA) is 51.0 Å². The number of hydrogen-bond acceptors (Lipinski definition) is 4. The van der Waals surface area contributed by atoms with Gasteiger partial charge in [-0.2, -0.15) is 0 Å². The summed E-state index contributed by atoms with van der Waals surface area (Å²) in [6.45, 7) is 4.83. The van der Waals surface area contributed by atoms with Crippen LogP contribution >= 0.6 is 38.5 Å². The second-order valence-corrected chi connectivity index (χ2v) is 5.29. The smallest absolute Gasteiger partial charge is 0.197 e. The number of hydrogen-bond donors (Lipinski definition) is 1. The van der Waals surface area contributed by atoms with Gasteiger partial charge in [0.2, 0.25) is 0 Å². The molecule has 2 aromatic rings. The highest BCUT2D eigenvalue weighted by atomic mass is 127. The van der Waals surface area contributed by atoms with Crippen LogP contribution < -0.4 is 5.32 Å². The van der Waals surface area contributed by atoms with Gasteiger partial charge < -0.3 is 9.73 Å². The molecule has 0 saturated heterocycles. The monoisotopic (exact) mass is 407 g/mol. The Bertz CT molecular complexity index is 542. The Morgan fingerprint density at radius 3 is 2.76 bits per heavy atom. The van der Waals surface area contributed by atoms with Crippen LogP contribution in [-0.4, -0.2) is 16.5 Å². The third-order valence-electron chi connectivity index (χ3n) is 2.15. The average molecular weight is 408 g/mol. The molecule has 0 aromatic carbocycles. The lowest BCUT2D eigenvalue weighted by Gasteiger charge is -2.08. The van der Waals surface area contributed by atoms with Gasteiger partial charge in [-0.3, -0.25) is 0 Å². The Hall–Kier alpha value is -0.630. The minimum absolute atomic E-state index is 0.601. The van der Waals surface area contributed by atoms with E-state index < -0.39 is 0 Å². The van der Waals surface area contributed by atoms with E-state index in [2.05, 4.69) is 53.8 Å². The zero-order valence-corrected chi connectivity index (χ0v) is 13.2. The van der Waals surface area contributed by atoms with Crippen molar-refractivity contribution in [2.24, 2.45) is 0 Å². The predicted molar refractivity (Wildman–Crippen MR) is 79.1 cm³/mol. The van der Waals surface area contributed by atoms with Crippen molar-refractivity contribution in [1.82, 2.24) is 9.97 Å². The van der Waals surface area contributed by atoms with E-state index in [9.17, 15) is 0 Å². The van der Waals surface area contributed by atoms with Crippen molar-refractivity contribution in [2.45, 2.75) is 13.8 Å². The molecule has 2 rings (SSSR count). The van der Waals surface area contributed by atoms with Crippen LogP contribution in [0.4, 0.5) is 5.82 Å². The summed E-state index contributed by atoms with van der Waals surface area (Å²) < 4.78 is 7.18. The van der Waals surface area contributed by atoms with E-state index in [4.69, 9.17) is 4.42 Å². The molecule has 0 aliphatic carbocycles. The molecule has 0 aliphatic heterocycles. The molecule has 2 aromatic heterocycles. The van der Waals surface area contributed by atoms with Gasteiger partial charge in [0.05, 0.1) is 9.26 Å². The molecule has 1 N–H and O–H groups in total. The van der Waals surface area contributed by atoms with Gasteiger partial charge in [-0.25, -0.2) is 9.97 Å². The molecule has 0 atom stereocenters. The standard InChI is InChI=1S/C11H11BrIN3O/c1-3-14-11-9(13)6(2)15-10(16-11)7-4-5-8(12)17-7/h4-5H,3H2,1-2H3,(H,14,15,16). The molecule has 0 spiro atoms. The van der Waals surface area contributed by atoms with Crippen LogP contribution in [0, 0.1) is 10.5 Å². The number of rotatable bonds is 3. The number of furan rings is 1. The molecule has 0 fully saturated rings. The second-order valence-electron chi connectivity index (χ2n) is 3.43. The van der Waals surface area contributed by atoms with E-state index in [1.165, 1.54) is 0 Å². The van der Waals surface area contributed by atoms with Crippen molar-refractivity contribution in [3.63, 3.8) is 0 Å². The highest BCUT2D eigenvalue weighted by Crippen LogP contribution is 2.26. The molecule has 90 valence electrons. The number of halogens is 2. The van der Waals surface area contributed by atoms with Crippen molar-refractivity contribution < 1.29 is 4.42 Å². The van der Waals surface area contributed by atoms with Crippen LogP contribution in [0.3, 0.4) is 0 Å². The van der Waals surface area contributed by atoms with Crippen LogP contribution in [-0.2, 0) is 0 Å². The summed E-state index contributed by atoms with van der Waals surface area (Å²) in [5, 5.41) is 3.22. The fourth-order valence-corrected chi connectivity index (χ4v) is 2.13. The van der Waals surface area contributed by atoms with Crippen LogP contribution in [0.25, 0.3) is 11.6 Å². The van der Waals surface area contributed by atoms with Gasteiger partial charge >= 0.3 is 0 Å². The fraction of sp³-hybridized carbons (Fsp3) is 0.273. The van der Waals surface area contributed by atoms with Crippen LogP contribution in [0.1, 0.15) is 12.6 Å². The second kappa shape index (κ2) is 5.34. The highest BCUT2D eigenvalue weighted by molar-refractivity contribution is 14.1. The van der Waals surface area contributed by atoms with E-state index in [1.54, 1.807) is 0 Å². The van der Waals surface area contributed by atoms with Crippen LogP contribution in [0.15, 0.2) is 21.2 Å². The number of anilines is 1. The first kappa shape index (κ1) is 12.8. The van der Waals surface area contributed by atoms with Gasteiger partial charge in [-0.05, 0) is 64.5 Å². The third-order valence-corrected chi connectivity index (χ3v) is 3.87. The van der Waals surface area contributed by atoms with Gasteiger partial charge in [0.25, 0.3) is 0 Å². The van der Waals surface area contributed by atoms with E-state index >= 15 is 0 Å². The molecule has 0 saturated carbocycles. The Kier molecular flexibility index (Phi) is 4.03. The lowest BCUT2D eigenvalue weighted by molar-refractivity contribution is 0.551. The van der Waals surface area contributed by atoms with Crippen molar-refractivity contribution in [2.75, 3.05) is 11.9 Å². The number of aryl methyl sites for hydroxylation is 1. The normalized spacial score (nSPS) is 10.6. The minimum Gasteiger partial charge on any atom is -0.446 e. The van der Waals surface area contributed by atoms with Gasteiger partial charge in [0.1, 0.15) is 5.82 Å². The first-order chi connectivity index (χ1) is 8.11. The summed E-state index contributed by atoms with van der Waals surface area (Å²) in [5.41, 5.74) is 0.944. The molecule has 0 unspecified atom stereocenters. The average Bonchev–Trinajstić information content (AvgIpc) is 2.71. The molecule has 0 amide bonds. The molecule has 4 nitrogen and oxygen atoms in total. The first-order valence-electron chi connectivity index (χ1n) is 5.15. The first-order valence-corrected chi connectivity index (χ1v) is 7.02. The Labute approximate surface area is 121 Å². The van der Waals surface area contributed by atoms with E-state index in [0.29, 0.717) is 16.3 Å². The fourth-order valence-electron chi connectivity index (χ4n) is 1.39. The Morgan fingerprint density at radius 2 is 2.18 bits per heavy atom. The van der Waals surface area contributed by atoms with E-state index in [1.807, 2.05) is 26.0 Å². The number of nitrogens with one attached hydrogen (secondary N) is 1. The van der Waals surface area contributed by atoms with Crippen molar-refractivity contribution in [1.29, 1.82) is 0 Å². The van der Waals surface area contributed by atoms with Gasteiger partial charge in [-0.15, -0.1) is 0 Å². The van der Waals surface area contributed by atoms with Crippen LogP contribution in [0.5, 0.6) is 0 Å². The van der Waals surface area contributed by atoms with Gasteiger partial charge in [-0.1, -0.05) is 0 Å². The maximum absolute atomic E-state index is 5.46. The quantitative estimate of drug-likeness (QED) is 0.785. The molecule has 6 heteroatoms. The summed E-state index contributed by atoms with van der Waals surface area (Å²) in [6, 6.07) is 3.68. The molecule has 0 radical (unpaired) electrons. The van der Waals surface area contributed by atoms with E-state index in [0.717, 1.165) is 21.6 Å². The zero-order chi connectivity index (χ0) is 12.4. The molecule has 0 bridgehead atoms. The predicted octanol–water partition coefficient (Wildman–Crippen LogP) is 3.84. The lowest BCUT2D eigenvalue weighted by Crippen LogP contribution is -2.05.